The second-order valence-electron chi connectivity index (χ2n) is 4.45. The molecule has 0 spiro atoms. The number of benzene rings is 2. The first-order valence-electron chi connectivity index (χ1n) is 6.24. The molecule has 1 aromatic heterocycles. The molecule has 3 aromatic rings. The third-order valence-electron chi connectivity index (χ3n) is 3.16. The van der Waals surface area contributed by atoms with Crippen molar-refractivity contribution in [2.45, 2.75) is 6.61 Å². The van der Waals surface area contributed by atoms with Crippen LogP contribution in [0.15, 0.2) is 54.9 Å². The van der Waals surface area contributed by atoms with E-state index < -0.39 is 0 Å². The fraction of sp³-hybridized carbons (Fsp3) is 0.0625. The number of nitrogens with two attached hydrogens (primary N) is 1. The Kier molecular flexibility index (Phi) is 3.44. The molecule has 0 aliphatic carbocycles. The fourth-order valence-electron chi connectivity index (χ4n) is 2.07. The fourth-order valence-corrected chi connectivity index (χ4v) is 2.26. The smallest absolute Gasteiger partial charge is 0.143 e. The Morgan fingerprint density at radius 2 is 1.95 bits per heavy atom. The summed E-state index contributed by atoms with van der Waals surface area (Å²) in [5, 5.41) is 2.63. The molecule has 1 heterocycles. The molecular formula is C16H13ClN2O. The van der Waals surface area contributed by atoms with Crippen LogP contribution in [0.1, 0.15) is 5.56 Å². The summed E-state index contributed by atoms with van der Waals surface area (Å²) in [7, 11) is 0. The molecule has 2 N–H and O–H groups in total. The molecule has 0 bridgehead atoms. The zero-order valence-corrected chi connectivity index (χ0v) is 11.5. The molecular weight excluding hydrogens is 272 g/mol. The molecule has 0 saturated heterocycles. The minimum absolute atomic E-state index is 0.389. The highest BCUT2D eigenvalue weighted by molar-refractivity contribution is 6.31. The topological polar surface area (TPSA) is 48.1 Å². The van der Waals surface area contributed by atoms with E-state index in [4.69, 9.17) is 22.1 Å². The highest BCUT2D eigenvalue weighted by Gasteiger charge is 2.07. The Balaban J connectivity index is 1.88. The Labute approximate surface area is 122 Å². The Bertz CT molecular complexity index is 758. The van der Waals surface area contributed by atoms with Crippen molar-refractivity contribution in [3.63, 3.8) is 0 Å². The average molecular weight is 285 g/mol. The number of rotatable bonds is 3. The predicted molar refractivity (Wildman–Crippen MR) is 81.9 cm³/mol. The van der Waals surface area contributed by atoms with E-state index in [9.17, 15) is 0 Å². The lowest BCUT2D eigenvalue weighted by Gasteiger charge is -2.11. The van der Waals surface area contributed by atoms with Crippen molar-refractivity contribution >= 4 is 28.1 Å². The van der Waals surface area contributed by atoms with Crippen LogP contribution in [-0.4, -0.2) is 4.98 Å². The van der Waals surface area contributed by atoms with Crippen LogP contribution in [-0.2, 0) is 6.61 Å². The summed E-state index contributed by atoms with van der Waals surface area (Å²) < 4.78 is 5.78. The van der Waals surface area contributed by atoms with E-state index in [1.165, 1.54) is 0 Å². The molecule has 0 aliphatic rings. The monoisotopic (exact) mass is 284 g/mol. The van der Waals surface area contributed by atoms with Gasteiger partial charge in [-0.2, -0.15) is 0 Å². The number of halogens is 1. The number of nitrogens with zero attached hydrogens (tertiary/aromatic N) is 1. The molecule has 0 aliphatic heterocycles. The van der Waals surface area contributed by atoms with Gasteiger partial charge in [0.1, 0.15) is 12.4 Å². The summed E-state index contributed by atoms with van der Waals surface area (Å²) in [6, 6.07) is 13.3. The highest BCUT2D eigenvalue weighted by atomic mass is 35.5. The molecule has 0 unspecified atom stereocenters. The van der Waals surface area contributed by atoms with E-state index in [-0.39, 0.29) is 0 Å². The number of anilines is 1. The van der Waals surface area contributed by atoms with Gasteiger partial charge in [0.25, 0.3) is 0 Å². The lowest BCUT2D eigenvalue weighted by atomic mass is 10.1. The predicted octanol–water partition coefficient (Wildman–Crippen LogP) is 4.05. The van der Waals surface area contributed by atoms with Gasteiger partial charge in [0.2, 0.25) is 0 Å². The standard InChI is InChI=1S/C16H13ClN2O/c17-14-4-2-1-3-12(14)10-20-15-6-5-11-9-19-8-7-13(11)16(15)18/h1-9H,10,18H2. The van der Waals surface area contributed by atoms with Crippen LogP contribution in [0.4, 0.5) is 5.69 Å². The molecule has 2 aromatic carbocycles. The number of hydrogen-bond acceptors (Lipinski definition) is 3. The minimum atomic E-state index is 0.389. The van der Waals surface area contributed by atoms with Gasteiger partial charge < -0.3 is 10.5 Å². The zero-order valence-electron chi connectivity index (χ0n) is 10.7. The van der Waals surface area contributed by atoms with Crippen molar-refractivity contribution < 1.29 is 4.74 Å². The molecule has 20 heavy (non-hydrogen) atoms. The van der Waals surface area contributed by atoms with E-state index in [1.54, 1.807) is 12.4 Å². The number of nitrogen functional groups attached to an aromatic ring is 1. The van der Waals surface area contributed by atoms with Gasteiger partial charge in [-0.15, -0.1) is 0 Å². The Hall–Kier alpha value is -2.26. The quantitative estimate of drug-likeness (QED) is 0.738. The second-order valence-corrected chi connectivity index (χ2v) is 4.86. The highest BCUT2D eigenvalue weighted by Crippen LogP contribution is 2.30. The number of aromatic nitrogens is 1. The Morgan fingerprint density at radius 3 is 2.80 bits per heavy atom. The van der Waals surface area contributed by atoms with Crippen LogP contribution < -0.4 is 10.5 Å². The van der Waals surface area contributed by atoms with Crippen LogP contribution in [0, 0.1) is 0 Å². The van der Waals surface area contributed by atoms with Crippen molar-refractivity contribution in [2.75, 3.05) is 5.73 Å². The van der Waals surface area contributed by atoms with E-state index >= 15 is 0 Å². The number of fused-ring (bicyclic) bond motifs is 1. The van der Waals surface area contributed by atoms with Gasteiger partial charge in [0, 0.05) is 33.8 Å². The van der Waals surface area contributed by atoms with Gasteiger partial charge in [-0.05, 0) is 24.3 Å². The third kappa shape index (κ3) is 2.40. The molecule has 4 heteroatoms. The van der Waals surface area contributed by atoms with E-state index in [1.807, 2.05) is 42.5 Å². The lowest BCUT2D eigenvalue weighted by Crippen LogP contribution is -2.00. The largest absolute Gasteiger partial charge is 0.487 e. The normalized spacial score (nSPS) is 10.7. The van der Waals surface area contributed by atoms with E-state index in [0.29, 0.717) is 23.1 Å². The number of ether oxygens (including phenoxy) is 1. The average Bonchev–Trinajstić information content (AvgIpc) is 2.48. The third-order valence-corrected chi connectivity index (χ3v) is 3.53. The zero-order chi connectivity index (χ0) is 13.9. The van der Waals surface area contributed by atoms with Gasteiger partial charge in [-0.25, -0.2) is 0 Å². The molecule has 0 fully saturated rings. The summed E-state index contributed by atoms with van der Waals surface area (Å²) >= 11 is 6.11. The summed E-state index contributed by atoms with van der Waals surface area (Å²) in [6.45, 7) is 0.389. The first-order valence-corrected chi connectivity index (χ1v) is 6.62. The van der Waals surface area contributed by atoms with E-state index in [0.717, 1.165) is 16.3 Å². The molecule has 3 rings (SSSR count). The van der Waals surface area contributed by atoms with E-state index in [2.05, 4.69) is 4.98 Å². The molecule has 0 amide bonds. The summed E-state index contributed by atoms with van der Waals surface area (Å²) in [5.74, 6) is 0.656. The minimum Gasteiger partial charge on any atom is -0.487 e. The van der Waals surface area contributed by atoms with Crippen LogP contribution >= 0.6 is 11.6 Å². The summed E-state index contributed by atoms with van der Waals surface area (Å²) in [6.07, 6.45) is 3.50. The SMILES string of the molecule is Nc1c(OCc2ccccc2Cl)ccc2cnccc12. The number of hydrogen-bond donors (Lipinski definition) is 1. The van der Waals surface area contributed by atoms with Crippen molar-refractivity contribution in [2.24, 2.45) is 0 Å². The van der Waals surface area contributed by atoms with Crippen molar-refractivity contribution in [3.05, 3.63) is 65.4 Å². The maximum atomic E-state index is 6.14. The van der Waals surface area contributed by atoms with Gasteiger partial charge >= 0.3 is 0 Å². The lowest BCUT2D eigenvalue weighted by molar-refractivity contribution is 0.308. The Morgan fingerprint density at radius 1 is 1.10 bits per heavy atom. The van der Waals surface area contributed by atoms with Gasteiger partial charge in [-0.3, -0.25) is 4.98 Å². The first-order chi connectivity index (χ1) is 9.75. The molecule has 0 atom stereocenters. The van der Waals surface area contributed by atoms with Crippen molar-refractivity contribution in [3.8, 4) is 5.75 Å². The molecule has 0 saturated carbocycles. The van der Waals surface area contributed by atoms with Gasteiger partial charge in [0.15, 0.2) is 0 Å². The van der Waals surface area contributed by atoms with Crippen LogP contribution in [0.3, 0.4) is 0 Å². The summed E-state index contributed by atoms with van der Waals surface area (Å²) in [4.78, 5) is 4.08. The van der Waals surface area contributed by atoms with Crippen molar-refractivity contribution in [1.29, 1.82) is 0 Å². The maximum absolute atomic E-state index is 6.14. The van der Waals surface area contributed by atoms with Crippen LogP contribution in [0.5, 0.6) is 5.75 Å². The number of pyridine rings is 1. The van der Waals surface area contributed by atoms with Gasteiger partial charge in [-0.1, -0.05) is 29.8 Å². The second kappa shape index (κ2) is 5.39. The molecule has 100 valence electrons. The molecule has 3 nitrogen and oxygen atoms in total. The van der Waals surface area contributed by atoms with Crippen LogP contribution in [0.2, 0.25) is 5.02 Å². The first kappa shape index (κ1) is 12.8. The van der Waals surface area contributed by atoms with Gasteiger partial charge in [0.05, 0.1) is 5.69 Å². The van der Waals surface area contributed by atoms with Crippen LogP contribution in [0.25, 0.3) is 10.8 Å². The van der Waals surface area contributed by atoms with Crippen molar-refractivity contribution in [1.82, 2.24) is 4.98 Å². The maximum Gasteiger partial charge on any atom is 0.143 e. The molecule has 0 radical (unpaired) electrons. The summed E-state index contributed by atoms with van der Waals surface area (Å²) in [5.41, 5.74) is 7.69.